The van der Waals surface area contributed by atoms with Crippen LogP contribution in [0.25, 0.3) is 0 Å². The Labute approximate surface area is 135 Å². The molecule has 0 spiro atoms. The van der Waals surface area contributed by atoms with Crippen LogP contribution in [0.15, 0.2) is 34.9 Å². The molecule has 2 rings (SSSR count). The molecule has 21 heavy (non-hydrogen) atoms. The summed E-state index contributed by atoms with van der Waals surface area (Å²) >= 11 is 3.48. The zero-order chi connectivity index (χ0) is 15.2. The van der Waals surface area contributed by atoms with Crippen LogP contribution in [0.5, 0.6) is 0 Å². The largest absolute Gasteiger partial charge is 0.310 e. The van der Waals surface area contributed by atoms with Crippen LogP contribution in [-0.2, 0) is 19.5 Å². The molecule has 0 bridgehead atoms. The van der Waals surface area contributed by atoms with Gasteiger partial charge in [0, 0.05) is 28.3 Å². The minimum absolute atomic E-state index is 0.495. The van der Waals surface area contributed by atoms with Crippen LogP contribution < -0.4 is 5.32 Å². The highest BCUT2D eigenvalue weighted by atomic mass is 79.9. The van der Waals surface area contributed by atoms with E-state index in [-0.39, 0.29) is 0 Å². The lowest BCUT2D eigenvalue weighted by Crippen LogP contribution is -2.22. The van der Waals surface area contributed by atoms with Crippen molar-refractivity contribution in [2.24, 2.45) is 0 Å². The second kappa shape index (κ2) is 7.76. The molecule has 1 N–H and O–H groups in total. The van der Waals surface area contributed by atoms with Crippen LogP contribution in [0, 0.1) is 0 Å². The zero-order valence-corrected chi connectivity index (χ0v) is 14.7. The van der Waals surface area contributed by atoms with Crippen LogP contribution in [0.3, 0.4) is 0 Å². The van der Waals surface area contributed by atoms with E-state index in [1.54, 1.807) is 0 Å². The van der Waals surface area contributed by atoms with E-state index in [1.807, 2.05) is 6.20 Å². The van der Waals surface area contributed by atoms with Gasteiger partial charge in [0.25, 0.3) is 0 Å². The Bertz CT molecular complexity index is 558. The maximum atomic E-state index is 4.60. The van der Waals surface area contributed by atoms with Gasteiger partial charge in [-0.1, -0.05) is 55.3 Å². The van der Waals surface area contributed by atoms with Crippen LogP contribution in [-0.4, -0.2) is 15.8 Å². The Kier molecular flexibility index (Phi) is 6.00. The van der Waals surface area contributed by atoms with Gasteiger partial charge in [0.1, 0.15) is 0 Å². The fourth-order valence-electron chi connectivity index (χ4n) is 2.34. The third-order valence-corrected chi connectivity index (χ3v) is 4.00. The van der Waals surface area contributed by atoms with E-state index in [4.69, 9.17) is 0 Å². The Morgan fingerprint density at radius 2 is 1.95 bits per heavy atom. The van der Waals surface area contributed by atoms with Crippen molar-refractivity contribution in [3.05, 3.63) is 51.8 Å². The van der Waals surface area contributed by atoms with Gasteiger partial charge in [-0.25, -0.2) is 0 Å². The maximum Gasteiger partial charge on any atom is 0.0662 e. The highest BCUT2D eigenvalue weighted by Gasteiger charge is 2.10. The summed E-state index contributed by atoms with van der Waals surface area (Å²) in [7, 11) is 0. The molecule has 0 aliphatic heterocycles. The molecule has 0 radical (unpaired) electrons. The second-order valence-electron chi connectivity index (χ2n) is 5.69. The standard InChI is InChI=1S/C17H24BrN3/c1-4-5-17-15(10-19-13(2)3)11-20-21(17)12-14-6-8-16(18)9-7-14/h6-9,11,13,19H,4-5,10,12H2,1-3H3. The first-order chi connectivity index (χ1) is 10.1. The van der Waals surface area contributed by atoms with Gasteiger partial charge in [-0.2, -0.15) is 5.10 Å². The van der Waals surface area contributed by atoms with Crippen molar-refractivity contribution in [1.29, 1.82) is 0 Å². The molecule has 0 aliphatic carbocycles. The summed E-state index contributed by atoms with van der Waals surface area (Å²) < 4.78 is 3.26. The third-order valence-electron chi connectivity index (χ3n) is 3.47. The van der Waals surface area contributed by atoms with Crippen molar-refractivity contribution < 1.29 is 0 Å². The SMILES string of the molecule is CCCc1c(CNC(C)C)cnn1Cc1ccc(Br)cc1. The molecule has 0 atom stereocenters. The van der Waals surface area contributed by atoms with Gasteiger partial charge in [-0.05, 0) is 24.1 Å². The van der Waals surface area contributed by atoms with E-state index in [2.05, 4.69) is 76.1 Å². The summed E-state index contributed by atoms with van der Waals surface area (Å²) in [5.74, 6) is 0. The average molecular weight is 350 g/mol. The molecule has 0 aliphatic rings. The van der Waals surface area contributed by atoms with E-state index in [9.17, 15) is 0 Å². The van der Waals surface area contributed by atoms with E-state index < -0.39 is 0 Å². The Morgan fingerprint density at radius 3 is 2.57 bits per heavy atom. The number of nitrogens with zero attached hydrogens (tertiary/aromatic N) is 2. The fourth-order valence-corrected chi connectivity index (χ4v) is 2.60. The van der Waals surface area contributed by atoms with E-state index >= 15 is 0 Å². The van der Waals surface area contributed by atoms with Gasteiger partial charge < -0.3 is 5.32 Å². The van der Waals surface area contributed by atoms with E-state index in [0.717, 1.165) is 30.4 Å². The van der Waals surface area contributed by atoms with Gasteiger partial charge in [-0.3, -0.25) is 4.68 Å². The molecule has 0 saturated heterocycles. The van der Waals surface area contributed by atoms with Crippen molar-refractivity contribution in [3.8, 4) is 0 Å². The first-order valence-electron chi connectivity index (χ1n) is 7.61. The number of hydrogen-bond acceptors (Lipinski definition) is 2. The van der Waals surface area contributed by atoms with Crippen LogP contribution in [0.4, 0.5) is 0 Å². The number of halogens is 1. The molecule has 3 nitrogen and oxygen atoms in total. The number of aromatic nitrogens is 2. The molecule has 0 amide bonds. The molecular weight excluding hydrogens is 326 g/mol. The molecule has 0 unspecified atom stereocenters. The smallest absolute Gasteiger partial charge is 0.0662 e. The van der Waals surface area contributed by atoms with Crippen LogP contribution >= 0.6 is 15.9 Å². The van der Waals surface area contributed by atoms with Crippen LogP contribution in [0.2, 0.25) is 0 Å². The Hall–Kier alpha value is -1.13. The summed E-state index contributed by atoms with van der Waals surface area (Å²) in [5, 5.41) is 8.08. The summed E-state index contributed by atoms with van der Waals surface area (Å²) in [6.45, 7) is 8.30. The van der Waals surface area contributed by atoms with Crippen molar-refractivity contribution in [3.63, 3.8) is 0 Å². The van der Waals surface area contributed by atoms with Gasteiger partial charge in [0.2, 0.25) is 0 Å². The van der Waals surface area contributed by atoms with E-state index in [0.29, 0.717) is 6.04 Å². The molecule has 0 saturated carbocycles. The lowest BCUT2D eigenvalue weighted by atomic mass is 10.1. The number of rotatable bonds is 7. The summed E-state index contributed by atoms with van der Waals surface area (Å²) in [5.41, 5.74) is 3.96. The molecule has 1 aromatic carbocycles. The lowest BCUT2D eigenvalue weighted by Gasteiger charge is -2.11. The maximum absolute atomic E-state index is 4.60. The highest BCUT2D eigenvalue weighted by Crippen LogP contribution is 2.16. The topological polar surface area (TPSA) is 29.9 Å². The average Bonchev–Trinajstić information content (AvgIpc) is 2.82. The van der Waals surface area contributed by atoms with Crippen molar-refractivity contribution in [2.75, 3.05) is 0 Å². The molecule has 4 heteroatoms. The number of nitrogens with one attached hydrogen (secondary N) is 1. The highest BCUT2D eigenvalue weighted by molar-refractivity contribution is 9.10. The normalized spacial score (nSPS) is 11.3. The molecule has 0 fully saturated rings. The number of benzene rings is 1. The quantitative estimate of drug-likeness (QED) is 0.813. The van der Waals surface area contributed by atoms with Gasteiger partial charge in [-0.15, -0.1) is 0 Å². The second-order valence-corrected chi connectivity index (χ2v) is 6.60. The third kappa shape index (κ3) is 4.68. The molecule has 1 aromatic heterocycles. The van der Waals surface area contributed by atoms with Crippen molar-refractivity contribution in [1.82, 2.24) is 15.1 Å². The van der Waals surface area contributed by atoms with Crippen LogP contribution in [0.1, 0.15) is 44.0 Å². The molecule has 2 aromatic rings. The molecular formula is C17H24BrN3. The number of hydrogen-bond donors (Lipinski definition) is 1. The van der Waals surface area contributed by atoms with E-state index in [1.165, 1.54) is 16.8 Å². The van der Waals surface area contributed by atoms with Gasteiger partial charge >= 0.3 is 0 Å². The monoisotopic (exact) mass is 349 g/mol. The predicted molar refractivity (Wildman–Crippen MR) is 91.4 cm³/mol. The predicted octanol–water partition coefficient (Wildman–Crippen LogP) is 4.14. The molecule has 1 heterocycles. The first kappa shape index (κ1) is 16.2. The fraction of sp³-hybridized carbons (Fsp3) is 0.471. The van der Waals surface area contributed by atoms with Gasteiger partial charge in [0.05, 0.1) is 12.7 Å². The minimum Gasteiger partial charge on any atom is -0.310 e. The minimum atomic E-state index is 0.495. The summed E-state index contributed by atoms with van der Waals surface area (Å²) in [4.78, 5) is 0. The lowest BCUT2D eigenvalue weighted by molar-refractivity contribution is 0.580. The van der Waals surface area contributed by atoms with Crippen molar-refractivity contribution in [2.45, 2.75) is 52.7 Å². The summed E-state index contributed by atoms with van der Waals surface area (Å²) in [6.07, 6.45) is 4.23. The zero-order valence-electron chi connectivity index (χ0n) is 13.1. The first-order valence-corrected chi connectivity index (χ1v) is 8.40. The Morgan fingerprint density at radius 1 is 1.24 bits per heavy atom. The molecule has 114 valence electrons. The summed E-state index contributed by atoms with van der Waals surface area (Å²) in [6, 6.07) is 8.95. The Balaban J connectivity index is 2.16. The van der Waals surface area contributed by atoms with Crippen molar-refractivity contribution >= 4 is 15.9 Å². The van der Waals surface area contributed by atoms with Gasteiger partial charge in [0.15, 0.2) is 0 Å².